The van der Waals surface area contributed by atoms with Crippen molar-refractivity contribution in [1.82, 2.24) is 20.3 Å². The summed E-state index contributed by atoms with van der Waals surface area (Å²) >= 11 is 0. The number of pyridine rings is 1. The van der Waals surface area contributed by atoms with Gasteiger partial charge in [0.15, 0.2) is 0 Å². The van der Waals surface area contributed by atoms with Crippen LogP contribution < -0.4 is 10.8 Å². The number of ether oxygens (including phenoxy) is 1. The van der Waals surface area contributed by atoms with Crippen LogP contribution in [0.5, 0.6) is 0 Å². The highest BCUT2D eigenvalue weighted by atomic mass is 16.5. The van der Waals surface area contributed by atoms with Crippen LogP contribution in [0.4, 0.5) is 0 Å². The maximum absolute atomic E-state index is 13.2. The van der Waals surface area contributed by atoms with E-state index in [0.29, 0.717) is 38.2 Å². The monoisotopic (exact) mass is 472 g/mol. The zero-order chi connectivity index (χ0) is 24.4. The van der Waals surface area contributed by atoms with Crippen LogP contribution in [0.25, 0.3) is 21.8 Å². The Morgan fingerprint density at radius 1 is 1.11 bits per heavy atom. The minimum Gasteiger partial charge on any atom is -0.381 e. The first-order valence-corrected chi connectivity index (χ1v) is 11.7. The Kier molecular flexibility index (Phi) is 6.23. The van der Waals surface area contributed by atoms with Crippen molar-refractivity contribution >= 4 is 33.6 Å². The lowest BCUT2D eigenvalue weighted by Gasteiger charge is -2.37. The minimum atomic E-state index is -0.747. The van der Waals surface area contributed by atoms with Crippen molar-refractivity contribution in [2.24, 2.45) is 0 Å². The molecule has 0 atom stereocenters. The summed E-state index contributed by atoms with van der Waals surface area (Å²) in [7, 11) is 0. The third kappa shape index (κ3) is 4.76. The smallest absolute Gasteiger partial charge is 0.251 e. The summed E-state index contributed by atoms with van der Waals surface area (Å²) in [5.41, 5.74) is 5.63. The van der Waals surface area contributed by atoms with E-state index in [1.807, 2.05) is 55.6 Å². The van der Waals surface area contributed by atoms with Gasteiger partial charge in [-0.3, -0.25) is 19.8 Å². The molecule has 0 spiro atoms. The second kappa shape index (κ2) is 9.48. The van der Waals surface area contributed by atoms with E-state index >= 15 is 0 Å². The van der Waals surface area contributed by atoms with E-state index < -0.39 is 11.4 Å². The molecule has 1 aliphatic heterocycles. The summed E-state index contributed by atoms with van der Waals surface area (Å²) in [6.45, 7) is 3.59. The van der Waals surface area contributed by atoms with Gasteiger partial charge in [-0.1, -0.05) is 18.2 Å². The maximum atomic E-state index is 13.2. The molecule has 1 fully saturated rings. The molecule has 8 heteroatoms. The fourth-order valence-electron chi connectivity index (χ4n) is 4.96. The van der Waals surface area contributed by atoms with Crippen LogP contribution >= 0.6 is 0 Å². The van der Waals surface area contributed by atoms with Gasteiger partial charge in [-0.05, 0) is 61.7 Å². The Morgan fingerprint density at radius 2 is 1.91 bits per heavy atom. The highest BCUT2D eigenvalue weighted by molar-refractivity contribution is 5.99. The molecule has 0 aliphatic carbocycles. The molecule has 0 radical (unpaired) electrons. The summed E-state index contributed by atoms with van der Waals surface area (Å²) in [4.78, 5) is 29.7. The molecule has 0 saturated carbocycles. The van der Waals surface area contributed by atoms with Crippen molar-refractivity contribution in [3.05, 3.63) is 77.6 Å². The lowest BCUT2D eigenvalue weighted by Crippen LogP contribution is -2.54. The molecule has 5 rings (SSSR count). The standard InChI is InChI=1S/C27H28N4O4/c1-18-14-21(22-4-2-3-5-23(22)28-18)17-31-11-8-19-15-20(6-7-24(19)31)26(33)29-27(16-25(32)30-34)9-12-35-13-10-27/h2-8,11,14-15,34H,9-10,12-13,16-17H2,1H3,(H,29,33)(H,30,32). The second-order valence-corrected chi connectivity index (χ2v) is 9.22. The SMILES string of the molecule is Cc1cc(Cn2ccc3cc(C(=O)NC4(CC(=O)NO)CCOCC4)ccc32)c2ccccc2n1. The Hall–Kier alpha value is -3.75. The average molecular weight is 473 g/mol. The Morgan fingerprint density at radius 3 is 2.71 bits per heavy atom. The van der Waals surface area contributed by atoms with E-state index in [0.717, 1.165) is 27.5 Å². The average Bonchev–Trinajstić information content (AvgIpc) is 3.26. The van der Waals surface area contributed by atoms with Crippen molar-refractivity contribution in [2.75, 3.05) is 13.2 Å². The number of hydrogen-bond acceptors (Lipinski definition) is 5. The van der Waals surface area contributed by atoms with E-state index in [2.05, 4.69) is 27.0 Å². The second-order valence-electron chi connectivity index (χ2n) is 9.22. The number of carbonyl (C=O) groups is 2. The van der Waals surface area contributed by atoms with E-state index in [4.69, 9.17) is 9.94 Å². The first kappa shape index (κ1) is 23.0. The molecular formula is C27H28N4O4. The number of hydroxylamine groups is 1. The van der Waals surface area contributed by atoms with Crippen LogP contribution in [-0.4, -0.2) is 45.3 Å². The van der Waals surface area contributed by atoms with Crippen LogP contribution in [0.3, 0.4) is 0 Å². The van der Waals surface area contributed by atoms with Gasteiger partial charge in [0.05, 0.1) is 17.5 Å². The summed E-state index contributed by atoms with van der Waals surface area (Å²) in [5.74, 6) is -0.776. The summed E-state index contributed by atoms with van der Waals surface area (Å²) < 4.78 is 7.59. The number of fused-ring (bicyclic) bond motifs is 2. The lowest BCUT2D eigenvalue weighted by molar-refractivity contribution is -0.131. The Labute approximate surface area is 202 Å². The van der Waals surface area contributed by atoms with Crippen LogP contribution in [0, 0.1) is 6.92 Å². The molecule has 2 amide bonds. The predicted molar refractivity (Wildman–Crippen MR) is 132 cm³/mol. The summed E-state index contributed by atoms with van der Waals surface area (Å²) in [6, 6.07) is 17.9. The summed E-state index contributed by atoms with van der Waals surface area (Å²) in [5, 5.41) is 14.1. The van der Waals surface area contributed by atoms with Gasteiger partial charge in [0.1, 0.15) is 0 Å². The number of para-hydroxylation sites is 1. The van der Waals surface area contributed by atoms with Crippen molar-refractivity contribution in [3.63, 3.8) is 0 Å². The van der Waals surface area contributed by atoms with Crippen LogP contribution in [0.15, 0.2) is 60.8 Å². The third-order valence-electron chi connectivity index (χ3n) is 6.76. The van der Waals surface area contributed by atoms with E-state index in [9.17, 15) is 9.59 Å². The van der Waals surface area contributed by atoms with Gasteiger partial charge in [0.2, 0.25) is 5.91 Å². The van der Waals surface area contributed by atoms with Gasteiger partial charge in [-0.25, -0.2) is 5.48 Å². The first-order chi connectivity index (χ1) is 17.0. The number of aromatic nitrogens is 2. The third-order valence-corrected chi connectivity index (χ3v) is 6.76. The zero-order valence-corrected chi connectivity index (χ0v) is 19.6. The molecule has 8 nitrogen and oxygen atoms in total. The fourth-order valence-corrected chi connectivity index (χ4v) is 4.96. The first-order valence-electron chi connectivity index (χ1n) is 11.7. The maximum Gasteiger partial charge on any atom is 0.251 e. The van der Waals surface area contributed by atoms with Crippen LogP contribution in [0.2, 0.25) is 0 Å². The van der Waals surface area contributed by atoms with Gasteiger partial charge in [0, 0.05) is 53.5 Å². The topological polar surface area (TPSA) is 105 Å². The number of amides is 2. The number of carbonyl (C=O) groups excluding carboxylic acids is 2. The van der Waals surface area contributed by atoms with E-state index in [1.165, 1.54) is 5.56 Å². The normalized spacial score (nSPS) is 15.3. The van der Waals surface area contributed by atoms with Crippen LogP contribution in [0.1, 0.15) is 40.9 Å². The molecule has 3 N–H and O–H groups in total. The quantitative estimate of drug-likeness (QED) is 0.293. The molecule has 2 aromatic heterocycles. The molecule has 0 bridgehead atoms. The van der Waals surface area contributed by atoms with Crippen molar-refractivity contribution in [3.8, 4) is 0 Å². The lowest BCUT2D eigenvalue weighted by atomic mass is 9.86. The predicted octanol–water partition coefficient (Wildman–Crippen LogP) is 3.72. The number of benzene rings is 2. The molecule has 4 aromatic rings. The molecule has 35 heavy (non-hydrogen) atoms. The minimum absolute atomic E-state index is 0.00345. The molecule has 2 aromatic carbocycles. The van der Waals surface area contributed by atoms with Crippen molar-refractivity contribution < 1.29 is 19.5 Å². The number of nitrogens with one attached hydrogen (secondary N) is 2. The molecule has 1 aliphatic rings. The Balaban J connectivity index is 1.40. The van der Waals surface area contributed by atoms with Gasteiger partial charge in [-0.2, -0.15) is 0 Å². The highest BCUT2D eigenvalue weighted by Gasteiger charge is 2.36. The molecular weight excluding hydrogens is 444 g/mol. The van der Waals surface area contributed by atoms with Crippen molar-refractivity contribution in [2.45, 2.75) is 38.3 Å². The van der Waals surface area contributed by atoms with Crippen LogP contribution in [-0.2, 0) is 16.1 Å². The Bertz CT molecular complexity index is 1410. The highest BCUT2D eigenvalue weighted by Crippen LogP contribution is 2.27. The fraction of sp³-hybridized carbons (Fsp3) is 0.296. The van der Waals surface area contributed by atoms with Gasteiger partial charge < -0.3 is 14.6 Å². The van der Waals surface area contributed by atoms with Gasteiger partial charge in [0.25, 0.3) is 5.91 Å². The number of aryl methyl sites for hydroxylation is 1. The van der Waals surface area contributed by atoms with Crippen molar-refractivity contribution in [1.29, 1.82) is 0 Å². The number of rotatable bonds is 6. The molecule has 1 saturated heterocycles. The largest absolute Gasteiger partial charge is 0.381 e. The van der Waals surface area contributed by atoms with E-state index in [-0.39, 0.29) is 12.3 Å². The zero-order valence-electron chi connectivity index (χ0n) is 19.6. The molecule has 3 heterocycles. The number of hydrogen-bond donors (Lipinski definition) is 3. The van der Waals surface area contributed by atoms with E-state index in [1.54, 1.807) is 5.48 Å². The number of nitrogens with zero attached hydrogens (tertiary/aromatic N) is 2. The molecule has 180 valence electrons. The summed E-state index contributed by atoms with van der Waals surface area (Å²) in [6.07, 6.45) is 3.03. The van der Waals surface area contributed by atoms with Gasteiger partial charge >= 0.3 is 0 Å². The molecule has 0 unspecified atom stereocenters. The van der Waals surface area contributed by atoms with Gasteiger partial charge in [-0.15, -0.1) is 0 Å².